The number of ether oxygens (including phenoxy) is 4. The van der Waals surface area contributed by atoms with Crippen LogP contribution in [0.1, 0.15) is 40.1 Å². The third kappa shape index (κ3) is 5.77. The van der Waals surface area contributed by atoms with Crippen molar-refractivity contribution in [2.75, 3.05) is 13.7 Å². The average molecular weight is 442 g/mol. The smallest absolute Gasteiger partial charge is 0.334 e. The molecule has 0 aliphatic carbocycles. The highest BCUT2D eigenvalue weighted by molar-refractivity contribution is 5.67. The van der Waals surface area contributed by atoms with Gasteiger partial charge in [-0.3, -0.25) is 29.2 Å². The monoisotopic (exact) mass is 442 g/mol. The van der Waals surface area contributed by atoms with Crippen LogP contribution in [0.25, 0.3) is 0 Å². The first kappa shape index (κ1) is 24.2. The first-order valence-electron chi connectivity index (χ1n) is 9.46. The molecule has 1 aliphatic heterocycles. The number of nitrogens with one attached hydrogen (secondary N) is 2. The number of hydrogen-bond donors (Lipinski definition) is 2. The van der Waals surface area contributed by atoms with Gasteiger partial charge in [0.15, 0.2) is 18.4 Å². The Bertz CT molecular complexity index is 941. The third-order valence-electron chi connectivity index (χ3n) is 4.40. The van der Waals surface area contributed by atoms with Crippen LogP contribution in [0, 0.1) is 0 Å². The molecular formula is C18H26N4O9. The molecule has 172 valence electrons. The summed E-state index contributed by atoms with van der Waals surface area (Å²) in [6.07, 6.45) is -4.22. The molecule has 0 amide bonds. The largest absolute Gasteiger partial charge is 0.463 e. The molecule has 2 N–H and O–H groups in total. The van der Waals surface area contributed by atoms with Crippen LogP contribution in [-0.4, -0.2) is 59.0 Å². The molecule has 1 aromatic heterocycles. The van der Waals surface area contributed by atoms with Crippen LogP contribution in [0.15, 0.2) is 21.9 Å². The van der Waals surface area contributed by atoms with Crippen LogP contribution in [0.3, 0.4) is 0 Å². The Labute approximate surface area is 177 Å². The van der Waals surface area contributed by atoms with Crippen molar-refractivity contribution in [3.63, 3.8) is 0 Å². The van der Waals surface area contributed by atoms with Gasteiger partial charge >= 0.3 is 23.6 Å². The predicted molar refractivity (Wildman–Crippen MR) is 104 cm³/mol. The molecular weight excluding hydrogens is 416 g/mol. The van der Waals surface area contributed by atoms with E-state index in [1.54, 1.807) is 14.0 Å². The van der Waals surface area contributed by atoms with E-state index < -0.39 is 59.9 Å². The summed E-state index contributed by atoms with van der Waals surface area (Å²) in [5, 5.41) is 0. The van der Waals surface area contributed by atoms with Gasteiger partial charge in [0.2, 0.25) is 0 Å². The minimum Gasteiger partial charge on any atom is -0.463 e. The molecule has 0 saturated carbocycles. The molecule has 1 fully saturated rings. The maximum Gasteiger partial charge on any atom is 0.334 e. The van der Waals surface area contributed by atoms with Crippen molar-refractivity contribution in [3.8, 4) is 0 Å². The highest BCUT2D eigenvalue weighted by Gasteiger charge is 2.51. The molecule has 2 heterocycles. The minimum absolute atomic E-state index is 0.312. The zero-order chi connectivity index (χ0) is 23.3. The molecule has 13 heteroatoms. The van der Waals surface area contributed by atoms with Crippen LogP contribution in [-0.2, 0) is 33.3 Å². The van der Waals surface area contributed by atoms with Crippen LogP contribution in [0.2, 0.25) is 0 Å². The number of carbonyl (C=O) groups excluding carboxylic acids is 3. The fraction of sp³-hybridized carbons (Fsp3) is 0.611. The molecule has 0 bridgehead atoms. The van der Waals surface area contributed by atoms with Gasteiger partial charge in [-0.2, -0.15) is 0 Å². The van der Waals surface area contributed by atoms with Crippen molar-refractivity contribution in [2.24, 2.45) is 0 Å². The number of aromatic nitrogens is 2. The lowest BCUT2D eigenvalue weighted by molar-refractivity contribution is -0.166. The molecule has 0 aromatic carbocycles. The van der Waals surface area contributed by atoms with Gasteiger partial charge in [-0.1, -0.05) is 0 Å². The van der Waals surface area contributed by atoms with Crippen LogP contribution < -0.4 is 22.1 Å². The fourth-order valence-electron chi connectivity index (χ4n) is 3.25. The van der Waals surface area contributed by atoms with E-state index in [0.29, 0.717) is 0 Å². The van der Waals surface area contributed by atoms with Gasteiger partial charge in [-0.05, 0) is 14.0 Å². The first-order valence-corrected chi connectivity index (χ1v) is 9.46. The topological polar surface area (TPSA) is 156 Å². The van der Waals surface area contributed by atoms with Crippen LogP contribution >= 0.6 is 0 Å². The van der Waals surface area contributed by atoms with Crippen molar-refractivity contribution < 1.29 is 33.3 Å². The lowest BCUT2D eigenvalue weighted by Crippen LogP contribution is -2.49. The Morgan fingerprint density at radius 3 is 2.26 bits per heavy atom. The normalized spacial score (nSPS) is 23.8. The zero-order valence-corrected chi connectivity index (χ0v) is 17.8. The SMILES string of the molecule is CNNC(C)n1c(=O)ccn(C2OC(COC(C)=O)[C@H](OC(C)=O)C2OC(C)=O)c1=O. The van der Waals surface area contributed by atoms with Crippen LogP contribution in [0.5, 0.6) is 0 Å². The maximum absolute atomic E-state index is 13.1. The summed E-state index contributed by atoms with van der Waals surface area (Å²) < 4.78 is 23.3. The number of carbonyl (C=O) groups is 3. The second-order valence-electron chi connectivity index (χ2n) is 6.80. The van der Waals surface area contributed by atoms with Gasteiger partial charge < -0.3 is 18.9 Å². The summed E-state index contributed by atoms with van der Waals surface area (Å²) in [5.74, 6) is -2.01. The molecule has 5 atom stereocenters. The Morgan fingerprint density at radius 2 is 1.71 bits per heavy atom. The summed E-state index contributed by atoms with van der Waals surface area (Å²) in [7, 11) is 1.57. The lowest BCUT2D eigenvalue weighted by atomic mass is 10.1. The van der Waals surface area contributed by atoms with Crippen LogP contribution in [0.4, 0.5) is 0 Å². The second kappa shape index (κ2) is 10.3. The first-order chi connectivity index (χ1) is 14.6. The van der Waals surface area contributed by atoms with Crippen molar-refractivity contribution in [3.05, 3.63) is 33.1 Å². The fourth-order valence-corrected chi connectivity index (χ4v) is 3.25. The molecule has 1 aromatic rings. The molecule has 2 rings (SSSR count). The van der Waals surface area contributed by atoms with E-state index in [1.165, 1.54) is 13.1 Å². The van der Waals surface area contributed by atoms with E-state index in [-0.39, 0.29) is 6.61 Å². The van der Waals surface area contributed by atoms with E-state index in [1.807, 2.05) is 0 Å². The van der Waals surface area contributed by atoms with Gasteiger partial charge in [0.1, 0.15) is 18.9 Å². The van der Waals surface area contributed by atoms with Crippen molar-refractivity contribution >= 4 is 17.9 Å². The van der Waals surface area contributed by atoms with E-state index in [9.17, 15) is 24.0 Å². The summed E-state index contributed by atoms with van der Waals surface area (Å²) in [5.41, 5.74) is 4.03. The number of hydrazine groups is 1. The van der Waals surface area contributed by atoms with Crippen molar-refractivity contribution in [1.29, 1.82) is 0 Å². The Morgan fingerprint density at radius 1 is 1.10 bits per heavy atom. The molecule has 31 heavy (non-hydrogen) atoms. The Balaban J connectivity index is 2.53. The molecule has 1 aliphatic rings. The highest BCUT2D eigenvalue weighted by atomic mass is 16.7. The van der Waals surface area contributed by atoms with Gasteiger partial charge in [0.25, 0.3) is 5.56 Å². The van der Waals surface area contributed by atoms with Gasteiger partial charge in [-0.15, -0.1) is 0 Å². The molecule has 4 unspecified atom stereocenters. The van der Waals surface area contributed by atoms with E-state index in [4.69, 9.17) is 18.9 Å². The minimum atomic E-state index is -1.25. The summed E-state index contributed by atoms with van der Waals surface area (Å²) in [6.45, 7) is 4.75. The van der Waals surface area contributed by atoms with Gasteiger partial charge in [-0.25, -0.2) is 14.8 Å². The highest BCUT2D eigenvalue weighted by Crippen LogP contribution is 2.33. The standard InChI is InChI=1S/C18H26N4O9/c1-9(20-19-5)22-14(26)6-7-21(18(22)27)17-16(30-12(4)25)15(29-11(3)24)13(31-17)8-28-10(2)23/h6-7,9,13,15-17,19-20H,8H2,1-5H3/t9?,13?,15-,16?,17?/m0/s1. The Kier molecular flexibility index (Phi) is 8.08. The van der Waals surface area contributed by atoms with E-state index in [2.05, 4.69) is 10.9 Å². The summed E-state index contributed by atoms with van der Waals surface area (Å²) >= 11 is 0. The van der Waals surface area contributed by atoms with E-state index >= 15 is 0 Å². The molecule has 1 saturated heterocycles. The Hall–Kier alpha value is -3.03. The second-order valence-corrected chi connectivity index (χ2v) is 6.80. The third-order valence-corrected chi connectivity index (χ3v) is 4.40. The number of esters is 3. The lowest BCUT2D eigenvalue weighted by Gasteiger charge is -2.25. The molecule has 0 spiro atoms. The predicted octanol–water partition coefficient (Wildman–Crippen LogP) is -1.42. The van der Waals surface area contributed by atoms with Gasteiger partial charge in [0, 0.05) is 33.0 Å². The maximum atomic E-state index is 13.1. The summed E-state index contributed by atoms with van der Waals surface area (Å²) in [6, 6.07) is 1.14. The van der Waals surface area contributed by atoms with Crippen molar-refractivity contribution in [2.45, 2.75) is 58.4 Å². The number of nitrogens with zero attached hydrogens (tertiary/aromatic N) is 2. The van der Waals surface area contributed by atoms with Crippen molar-refractivity contribution in [1.82, 2.24) is 20.0 Å². The quantitative estimate of drug-likeness (QED) is 0.277. The summed E-state index contributed by atoms with van der Waals surface area (Å²) in [4.78, 5) is 59.9. The zero-order valence-electron chi connectivity index (χ0n) is 17.8. The average Bonchev–Trinajstić information content (AvgIpc) is 2.96. The van der Waals surface area contributed by atoms with E-state index in [0.717, 1.165) is 29.0 Å². The number of hydrogen-bond acceptors (Lipinski definition) is 11. The number of rotatable bonds is 8. The molecule has 13 nitrogen and oxygen atoms in total. The molecule has 0 radical (unpaired) electrons. The van der Waals surface area contributed by atoms with Gasteiger partial charge in [0.05, 0.1) is 0 Å².